The molecule has 238 valence electrons. The number of likely N-dealkylation sites (tertiary alicyclic amines) is 1. The van der Waals surface area contributed by atoms with Crippen molar-refractivity contribution in [1.82, 2.24) is 19.6 Å². The van der Waals surface area contributed by atoms with Gasteiger partial charge in [-0.15, -0.1) is 0 Å². The van der Waals surface area contributed by atoms with E-state index in [1.165, 1.54) is 41.1 Å². The third-order valence-electron chi connectivity index (χ3n) is 7.23. The Hall–Kier alpha value is -4.04. The highest BCUT2D eigenvalue weighted by Crippen LogP contribution is 2.38. The maximum atomic E-state index is 13.6. The molecule has 3 amide bonds. The lowest BCUT2D eigenvalue weighted by molar-refractivity contribution is -0.145. The fraction of sp³-hybridized carbons (Fsp3) is 0.367. The molecule has 0 spiro atoms. The molecule has 5 rings (SSSR count). The highest BCUT2D eigenvalue weighted by atomic mass is 35.5. The van der Waals surface area contributed by atoms with Crippen LogP contribution in [0.5, 0.6) is 0 Å². The Balaban J connectivity index is 1.35. The first-order valence-electron chi connectivity index (χ1n) is 13.7. The molecular formula is C30H28ClF3N4O6S. The molecule has 2 aromatic carbocycles. The molecule has 1 aromatic heterocycles. The van der Waals surface area contributed by atoms with Crippen LogP contribution in [0.25, 0.3) is 17.0 Å². The van der Waals surface area contributed by atoms with Gasteiger partial charge in [0.15, 0.2) is 0 Å². The van der Waals surface area contributed by atoms with Crippen molar-refractivity contribution >= 4 is 63.6 Å². The zero-order chi connectivity index (χ0) is 32.8. The van der Waals surface area contributed by atoms with Gasteiger partial charge in [0, 0.05) is 23.4 Å². The lowest BCUT2D eigenvalue weighted by Crippen LogP contribution is -2.45. The van der Waals surface area contributed by atoms with Gasteiger partial charge in [-0.05, 0) is 74.0 Å². The second kappa shape index (κ2) is 12.0. The van der Waals surface area contributed by atoms with Crippen LogP contribution in [0.15, 0.2) is 47.5 Å². The van der Waals surface area contributed by atoms with E-state index in [9.17, 15) is 32.3 Å². The molecule has 0 radical (unpaired) electrons. The van der Waals surface area contributed by atoms with Crippen LogP contribution in [0, 0.1) is 0 Å². The predicted molar refractivity (Wildman–Crippen MR) is 160 cm³/mol. The Bertz CT molecular complexity index is 1730. The Morgan fingerprint density at radius 3 is 2.53 bits per heavy atom. The lowest BCUT2D eigenvalue weighted by Gasteiger charge is -2.27. The number of ether oxygens (including phenoxy) is 2. The third-order valence-corrected chi connectivity index (χ3v) is 8.35. The number of imide groups is 1. The Kier molecular flexibility index (Phi) is 8.66. The summed E-state index contributed by atoms with van der Waals surface area (Å²) >= 11 is 6.53. The molecule has 3 heterocycles. The average Bonchev–Trinajstić information content (AvgIpc) is 3.63. The summed E-state index contributed by atoms with van der Waals surface area (Å²) in [4.78, 5) is 54.1. The second-order valence-corrected chi connectivity index (χ2v) is 13.0. The predicted octanol–water partition coefficient (Wildman–Crippen LogP) is 6.34. The average molecular weight is 665 g/mol. The van der Waals surface area contributed by atoms with Crippen LogP contribution in [0.3, 0.4) is 0 Å². The largest absolute Gasteiger partial charge is 0.467 e. The van der Waals surface area contributed by atoms with E-state index in [-0.39, 0.29) is 35.0 Å². The van der Waals surface area contributed by atoms with E-state index in [4.69, 9.17) is 21.1 Å². The van der Waals surface area contributed by atoms with Gasteiger partial charge in [-0.2, -0.15) is 18.3 Å². The summed E-state index contributed by atoms with van der Waals surface area (Å²) in [6.45, 7) is 4.78. The smallest absolute Gasteiger partial charge is 0.416 e. The number of amides is 3. The number of aromatic nitrogens is 2. The number of thioether (sulfide) groups is 1. The van der Waals surface area contributed by atoms with Gasteiger partial charge >= 0.3 is 18.2 Å². The summed E-state index contributed by atoms with van der Waals surface area (Å²) in [5, 5.41) is 4.28. The van der Waals surface area contributed by atoms with Crippen molar-refractivity contribution in [3.05, 3.63) is 69.2 Å². The summed E-state index contributed by atoms with van der Waals surface area (Å²) in [6.07, 6.45) is -2.33. The molecule has 15 heteroatoms. The van der Waals surface area contributed by atoms with Gasteiger partial charge in [0.2, 0.25) is 0 Å². The number of hydrogen-bond donors (Lipinski definition) is 0. The number of methoxy groups -OCH3 is 1. The number of alkyl halides is 3. The summed E-state index contributed by atoms with van der Waals surface area (Å²) < 4.78 is 52.5. The highest BCUT2D eigenvalue weighted by Gasteiger charge is 2.49. The standard InChI is InChI=1S/C30H28ClF3N4O6S/c1-29(2,3)44-27(41)36-15-20(12-23(36)26(40)43-4)38-25(39)24(45-28(38)42)10-16-5-8-22-18(9-16)13-35-37(22)14-17-6-7-19(31)11-21(17)30(32,33)34/h5-11,13,20,23H,12,14-15H2,1-4H3/t20-,23+/m1/s1. The quantitative estimate of drug-likeness (QED) is 0.229. The summed E-state index contributed by atoms with van der Waals surface area (Å²) in [5.74, 6) is -1.27. The minimum Gasteiger partial charge on any atom is -0.467 e. The van der Waals surface area contributed by atoms with E-state index in [1.807, 2.05) is 0 Å². The zero-order valence-corrected chi connectivity index (χ0v) is 26.1. The molecule has 2 fully saturated rings. The van der Waals surface area contributed by atoms with Gasteiger partial charge in [-0.1, -0.05) is 23.7 Å². The van der Waals surface area contributed by atoms with Gasteiger partial charge in [-0.3, -0.25) is 24.1 Å². The maximum absolute atomic E-state index is 13.6. The van der Waals surface area contributed by atoms with Gasteiger partial charge in [-0.25, -0.2) is 9.59 Å². The molecule has 0 aliphatic carbocycles. The van der Waals surface area contributed by atoms with Crippen LogP contribution in [0.1, 0.15) is 43.9 Å². The number of nitrogens with zero attached hydrogens (tertiary/aromatic N) is 4. The molecule has 10 nitrogen and oxygen atoms in total. The molecule has 0 bridgehead atoms. The minimum absolute atomic E-state index is 0.00114. The second-order valence-electron chi connectivity index (χ2n) is 11.5. The van der Waals surface area contributed by atoms with E-state index in [1.54, 1.807) is 39.0 Å². The Morgan fingerprint density at radius 1 is 1.13 bits per heavy atom. The van der Waals surface area contributed by atoms with Crippen molar-refractivity contribution in [1.29, 1.82) is 0 Å². The minimum atomic E-state index is -4.59. The third kappa shape index (κ3) is 6.81. The first-order chi connectivity index (χ1) is 21.1. The van der Waals surface area contributed by atoms with Crippen molar-refractivity contribution in [2.24, 2.45) is 0 Å². The number of carbonyl (C=O) groups is 4. The van der Waals surface area contributed by atoms with Crippen LogP contribution in [-0.2, 0) is 31.8 Å². The molecule has 3 aromatic rings. The maximum Gasteiger partial charge on any atom is 0.416 e. The van der Waals surface area contributed by atoms with Crippen molar-refractivity contribution < 1.29 is 41.8 Å². The van der Waals surface area contributed by atoms with Crippen LogP contribution >= 0.6 is 23.4 Å². The number of fused-ring (bicyclic) bond motifs is 1. The first kappa shape index (κ1) is 32.4. The fourth-order valence-corrected chi connectivity index (χ4v) is 6.33. The molecule has 2 saturated heterocycles. The number of hydrogen-bond acceptors (Lipinski definition) is 8. The van der Waals surface area contributed by atoms with E-state index < -0.39 is 52.6 Å². The molecule has 45 heavy (non-hydrogen) atoms. The van der Waals surface area contributed by atoms with E-state index >= 15 is 0 Å². The van der Waals surface area contributed by atoms with E-state index in [0.717, 1.165) is 22.7 Å². The van der Waals surface area contributed by atoms with Crippen molar-refractivity contribution in [2.75, 3.05) is 13.7 Å². The first-order valence-corrected chi connectivity index (χ1v) is 14.9. The van der Waals surface area contributed by atoms with Crippen LogP contribution < -0.4 is 0 Å². The monoisotopic (exact) mass is 664 g/mol. The topological polar surface area (TPSA) is 111 Å². The lowest BCUT2D eigenvalue weighted by atomic mass is 10.1. The molecular weight excluding hydrogens is 637 g/mol. The molecule has 0 unspecified atom stereocenters. The molecule has 0 N–H and O–H groups in total. The van der Waals surface area contributed by atoms with Gasteiger partial charge in [0.25, 0.3) is 11.1 Å². The molecule has 2 aliphatic rings. The van der Waals surface area contributed by atoms with Crippen LogP contribution in [0.2, 0.25) is 5.02 Å². The van der Waals surface area contributed by atoms with Gasteiger partial charge in [0.05, 0.1) is 41.9 Å². The zero-order valence-electron chi connectivity index (χ0n) is 24.6. The van der Waals surface area contributed by atoms with E-state index in [0.29, 0.717) is 16.5 Å². The summed E-state index contributed by atoms with van der Waals surface area (Å²) in [5.41, 5.74) is -0.559. The number of benzene rings is 2. The normalized spacial score (nSPS) is 20.0. The number of halogens is 4. The summed E-state index contributed by atoms with van der Waals surface area (Å²) in [6, 6.07) is 6.79. The molecule has 0 saturated carbocycles. The Morgan fingerprint density at radius 2 is 1.87 bits per heavy atom. The van der Waals surface area contributed by atoms with Gasteiger partial charge in [0.1, 0.15) is 11.6 Å². The van der Waals surface area contributed by atoms with Crippen molar-refractivity contribution in [3.8, 4) is 0 Å². The number of carbonyl (C=O) groups excluding carboxylic acids is 4. The van der Waals surface area contributed by atoms with Crippen molar-refractivity contribution in [3.63, 3.8) is 0 Å². The van der Waals surface area contributed by atoms with Crippen LogP contribution in [-0.4, -0.2) is 74.1 Å². The Labute approximate surface area is 265 Å². The molecule has 2 aliphatic heterocycles. The SMILES string of the molecule is COC(=O)[C@@H]1C[C@@H](N2C(=O)SC(=Cc3ccc4c(cnn4Cc4ccc(Cl)cc4C(F)(F)F)c3)C2=O)CN1C(=O)OC(C)(C)C. The number of rotatable bonds is 5. The highest BCUT2D eigenvalue weighted by molar-refractivity contribution is 8.18. The van der Waals surface area contributed by atoms with Crippen molar-refractivity contribution in [2.45, 2.75) is 57.6 Å². The van der Waals surface area contributed by atoms with E-state index in [2.05, 4.69) is 5.10 Å². The van der Waals surface area contributed by atoms with Gasteiger partial charge < -0.3 is 9.47 Å². The van der Waals surface area contributed by atoms with Crippen LogP contribution in [0.4, 0.5) is 22.8 Å². The molecule has 2 atom stereocenters. The summed E-state index contributed by atoms with van der Waals surface area (Å²) in [7, 11) is 1.18. The fourth-order valence-electron chi connectivity index (χ4n) is 5.26. The number of esters is 1.